The number of hydrogen-bond donors (Lipinski definition) is 0. The summed E-state index contributed by atoms with van der Waals surface area (Å²) in [6.45, 7) is 1.73. The molecular formula is C12H9ClF3NO2S. The number of thioether (sulfide) groups is 1. The van der Waals surface area contributed by atoms with E-state index in [1.807, 2.05) is 0 Å². The monoisotopic (exact) mass is 323 g/mol. The summed E-state index contributed by atoms with van der Waals surface area (Å²) in [6.07, 6.45) is -0.345. The number of rotatable bonds is 4. The first-order chi connectivity index (χ1) is 9.28. The Morgan fingerprint density at radius 1 is 1.50 bits per heavy atom. The lowest BCUT2D eigenvalue weighted by Crippen LogP contribution is -2.10. The summed E-state index contributed by atoms with van der Waals surface area (Å²) in [6, 6.07) is 4.10. The molecule has 3 nitrogen and oxygen atoms in total. The molecule has 0 spiro atoms. The summed E-state index contributed by atoms with van der Waals surface area (Å²) in [5.41, 5.74) is -4.41. The van der Waals surface area contributed by atoms with Crippen LogP contribution in [0.1, 0.15) is 18.1 Å². The van der Waals surface area contributed by atoms with Crippen LogP contribution in [0.5, 0.6) is 0 Å². The van der Waals surface area contributed by atoms with Crippen LogP contribution in [0.2, 0.25) is 5.02 Å². The zero-order valence-corrected chi connectivity index (χ0v) is 11.8. The molecule has 0 heterocycles. The Labute approximate surface area is 122 Å². The van der Waals surface area contributed by atoms with Crippen LogP contribution in [-0.4, -0.2) is 18.1 Å². The third-order valence-corrected chi connectivity index (χ3v) is 3.52. The molecule has 0 N–H and O–H groups in total. The lowest BCUT2D eigenvalue weighted by molar-refractivity contribution is -0.142. The van der Waals surface area contributed by atoms with Crippen LogP contribution in [-0.2, 0) is 16.0 Å². The highest BCUT2D eigenvalue weighted by atomic mass is 35.5. The molecule has 8 heteroatoms. The minimum atomic E-state index is -4.50. The van der Waals surface area contributed by atoms with Gasteiger partial charge in [-0.2, -0.15) is 18.4 Å². The Balaban J connectivity index is 3.16. The molecule has 1 aromatic rings. The summed E-state index contributed by atoms with van der Waals surface area (Å²) in [5.74, 6) is -0.653. The van der Waals surface area contributed by atoms with Crippen molar-refractivity contribution in [2.24, 2.45) is 0 Å². The number of hydrogen-bond acceptors (Lipinski definition) is 4. The number of carbonyl (C=O) groups excluding carboxylic acids is 1. The van der Waals surface area contributed by atoms with E-state index in [1.165, 1.54) is 6.07 Å². The van der Waals surface area contributed by atoms with Crippen molar-refractivity contribution < 1.29 is 22.7 Å². The number of esters is 1. The van der Waals surface area contributed by atoms with E-state index in [-0.39, 0.29) is 34.1 Å². The highest BCUT2D eigenvalue weighted by Crippen LogP contribution is 2.42. The minimum absolute atomic E-state index is 0.0434. The van der Waals surface area contributed by atoms with Crippen molar-refractivity contribution in [3.63, 3.8) is 0 Å². The molecule has 1 aromatic carbocycles. The van der Waals surface area contributed by atoms with Crippen molar-refractivity contribution in [1.29, 1.82) is 5.26 Å². The highest BCUT2D eigenvalue weighted by Gasteiger charge is 2.31. The molecule has 0 saturated heterocycles. The third kappa shape index (κ3) is 4.62. The van der Waals surface area contributed by atoms with Crippen molar-refractivity contribution in [2.75, 3.05) is 6.61 Å². The van der Waals surface area contributed by atoms with E-state index in [2.05, 4.69) is 0 Å². The Hall–Kier alpha value is -1.39. The number of ether oxygens (including phenoxy) is 1. The van der Waals surface area contributed by atoms with E-state index in [9.17, 15) is 18.0 Å². The van der Waals surface area contributed by atoms with Gasteiger partial charge in [-0.15, -0.1) is 0 Å². The number of benzene rings is 1. The van der Waals surface area contributed by atoms with Crippen LogP contribution in [0.3, 0.4) is 0 Å². The predicted octanol–water partition coefficient (Wildman–Crippen LogP) is 3.93. The van der Waals surface area contributed by atoms with Crippen molar-refractivity contribution in [1.82, 2.24) is 0 Å². The van der Waals surface area contributed by atoms with E-state index in [0.717, 1.165) is 6.07 Å². The van der Waals surface area contributed by atoms with Gasteiger partial charge in [0.2, 0.25) is 0 Å². The Kier molecular flexibility index (Phi) is 5.72. The second-order valence-corrected chi connectivity index (χ2v) is 5.03. The zero-order valence-electron chi connectivity index (χ0n) is 10.3. The summed E-state index contributed by atoms with van der Waals surface area (Å²) >= 11 is 5.47. The fourth-order valence-electron chi connectivity index (χ4n) is 1.44. The SMILES string of the molecule is CCOC(=O)Cc1c(C#N)ccc(SC(F)(F)F)c1Cl. The van der Waals surface area contributed by atoms with Crippen LogP contribution >= 0.6 is 23.4 Å². The van der Waals surface area contributed by atoms with Gasteiger partial charge < -0.3 is 4.74 Å². The molecule has 0 aromatic heterocycles. The summed E-state index contributed by atoms with van der Waals surface area (Å²) in [5, 5.41) is 8.67. The molecule has 0 fully saturated rings. The van der Waals surface area contributed by atoms with Gasteiger partial charge in [0.15, 0.2) is 0 Å². The molecule has 0 atom stereocenters. The van der Waals surface area contributed by atoms with Gasteiger partial charge in [-0.25, -0.2) is 0 Å². The van der Waals surface area contributed by atoms with Crippen LogP contribution in [0, 0.1) is 11.3 Å². The molecule has 0 aliphatic carbocycles. The topological polar surface area (TPSA) is 50.1 Å². The molecule has 0 unspecified atom stereocenters. The van der Waals surface area contributed by atoms with Gasteiger partial charge in [0.25, 0.3) is 0 Å². The van der Waals surface area contributed by atoms with E-state index >= 15 is 0 Å². The first-order valence-corrected chi connectivity index (χ1v) is 6.60. The van der Waals surface area contributed by atoms with Gasteiger partial charge in [-0.3, -0.25) is 4.79 Å². The lowest BCUT2D eigenvalue weighted by atomic mass is 10.1. The van der Waals surface area contributed by atoms with E-state index in [1.54, 1.807) is 13.0 Å². The van der Waals surface area contributed by atoms with E-state index < -0.39 is 23.2 Å². The van der Waals surface area contributed by atoms with Gasteiger partial charge in [-0.05, 0) is 30.8 Å². The second kappa shape index (κ2) is 6.86. The van der Waals surface area contributed by atoms with Gasteiger partial charge in [0, 0.05) is 10.5 Å². The standard InChI is InChI=1S/C12H9ClF3NO2S/c1-2-19-10(18)5-8-7(6-17)3-4-9(11(8)13)20-12(14,15)16/h3-4H,2,5H2,1H3. The van der Waals surface area contributed by atoms with E-state index in [0.29, 0.717) is 0 Å². The number of alkyl halides is 3. The Morgan fingerprint density at radius 3 is 2.65 bits per heavy atom. The molecule has 20 heavy (non-hydrogen) atoms. The lowest BCUT2D eigenvalue weighted by Gasteiger charge is -2.12. The van der Waals surface area contributed by atoms with E-state index in [4.69, 9.17) is 21.6 Å². The molecule has 0 amide bonds. The van der Waals surface area contributed by atoms with Crippen molar-refractivity contribution >= 4 is 29.3 Å². The second-order valence-electron chi connectivity index (χ2n) is 3.55. The molecule has 0 aliphatic rings. The molecule has 0 aliphatic heterocycles. The molecule has 108 valence electrons. The summed E-state index contributed by atoms with van der Waals surface area (Å²) in [7, 11) is 0. The van der Waals surface area contributed by atoms with Crippen molar-refractivity contribution in [2.45, 2.75) is 23.7 Å². The largest absolute Gasteiger partial charge is 0.466 e. The molecular weight excluding hydrogens is 315 g/mol. The first kappa shape index (κ1) is 16.7. The Bertz CT molecular complexity index is 555. The average molecular weight is 324 g/mol. The first-order valence-electron chi connectivity index (χ1n) is 5.41. The Morgan fingerprint density at radius 2 is 2.15 bits per heavy atom. The van der Waals surface area contributed by atoms with Crippen LogP contribution < -0.4 is 0 Å². The third-order valence-electron chi connectivity index (χ3n) is 2.18. The van der Waals surface area contributed by atoms with Gasteiger partial charge in [0.1, 0.15) is 0 Å². The normalized spacial score (nSPS) is 11.0. The predicted molar refractivity (Wildman–Crippen MR) is 68.4 cm³/mol. The summed E-state index contributed by atoms with van der Waals surface area (Å²) in [4.78, 5) is 11.2. The van der Waals surface area contributed by atoms with Crippen LogP contribution in [0.25, 0.3) is 0 Å². The number of halogens is 4. The maximum absolute atomic E-state index is 12.4. The maximum Gasteiger partial charge on any atom is 0.446 e. The minimum Gasteiger partial charge on any atom is -0.466 e. The quantitative estimate of drug-likeness (QED) is 0.622. The number of carbonyl (C=O) groups is 1. The van der Waals surface area contributed by atoms with Crippen molar-refractivity contribution in [3.8, 4) is 6.07 Å². The molecule has 0 bridgehead atoms. The zero-order chi connectivity index (χ0) is 15.3. The molecule has 1 rings (SSSR count). The highest BCUT2D eigenvalue weighted by molar-refractivity contribution is 8.00. The van der Waals surface area contributed by atoms with Gasteiger partial charge in [-0.1, -0.05) is 11.6 Å². The van der Waals surface area contributed by atoms with Gasteiger partial charge in [0.05, 0.1) is 29.7 Å². The smallest absolute Gasteiger partial charge is 0.446 e. The molecule has 0 saturated carbocycles. The fourth-order valence-corrected chi connectivity index (χ4v) is 2.38. The van der Waals surface area contributed by atoms with Crippen molar-refractivity contribution in [3.05, 3.63) is 28.3 Å². The number of nitrogens with zero attached hydrogens (tertiary/aromatic N) is 1. The summed E-state index contributed by atoms with van der Waals surface area (Å²) < 4.78 is 41.8. The van der Waals surface area contributed by atoms with Crippen LogP contribution in [0.15, 0.2) is 17.0 Å². The average Bonchev–Trinajstić information content (AvgIpc) is 2.33. The molecule has 0 radical (unpaired) electrons. The van der Waals surface area contributed by atoms with Gasteiger partial charge >= 0.3 is 11.5 Å². The maximum atomic E-state index is 12.4. The fraction of sp³-hybridized carbons (Fsp3) is 0.333. The van der Waals surface area contributed by atoms with Crippen LogP contribution in [0.4, 0.5) is 13.2 Å². The number of nitriles is 1.